The number of aliphatic carboxylic acids is 1. The number of carbonyl (C=O) groups excluding carboxylic acids is 1. The Labute approximate surface area is 55.7 Å². The minimum Gasteiger partial charge on any atom is -0.480 e. The first-order chi connectivity index (χ1) is 4.90. The standard InChI is InChI=1S/C5H9NO3/c1-2-4(7)6-3-5(8)9/h2-3H2,1H3,(H,6,7)(H,8,9)/i3D2. The molecule has 4 heteroatoms. The fourth-order valence-electron chi connectivity index (χ4n) is 0.212. The number of carboxylic acid groups (broad SMARTS) is 1. The van der Waals surface area contributed by atoms with Crippen molar-refractivity contribution >= 4 is 11.9 Å². The molecule has 0 aromatic rings. The third kappa shape index (κ3) is 4.80. The lowest BCUT2D eigenvalue weighted by Crippen LogP contribution is -2.28. The lowest BCUT2D eigenvalue weighted by molar-refractivity contribution is -0.137. The molecule has 0 spiro atoms. The largest absolute Gasteiger partial charge is 0.480 e. The van der Waals surface area contributed by atoms with Crippen LogP contribution in [-0.2, 0) is 9.59 Å². The van der Waals surface area contributed by atoms with Crippen LogP contribution >= 0.6 is 0 Å². The third-order valence-electron chi connectivity index (χ3n) is 0.630. The quantitative estimate of drug-likeness (QED) is 0.550. The van der Waals surface area contributed by atoms with Gasteiger partial charge in [-0.3, -0.25) is 9.59 Å². The zero-order valence-electron chi connectivity index (χ0n) is 6.97. The SMILES string of the molecule is [2H]C([2H])(NC(=O)CC)C(=O)O. The molecular formula is C5H9NO3. The topological polar surface area (TPSA) is 66.4 Å². The van der Waals surface area contributed by atoms with Gasteiger partial charge < -0.3 is 10.4 Å². The number of carboxylic acids is 1. The molecule has 1 amide bonds. The van der Waals surface area contributed by atoms with Crippen LogP contribution in [0.1, 0.15) is 16.1 Å². The van der Waals surface area contributed by atoms with Gasteiger partial charge in [-0.2, -0.15) is 0 Å². The fourth-order valence-corrected chi connectivity index (χ4v) is 0.212. The molecule has 0 aliphatic carbocycles. The normalized spacial score (nSPS) is 13.4. The monoisotopic (exact) mass is 133 g/mol. The van der Waals surface area contributed by atoms with Crippen molar-refractivity contribution < 1.29 is 17.4 Å². The van der Waals surface area contributed by atoms with E-state index < -0.39 is 18.4 Å². The average molecular weight is 133 g/mol. The van der Waals surface area contributed by atoms with E-state index >= 15 is 0 Å². The molecule has 0 fully saturated rings. The molecule has 0 aliphatic rings. The summed E-state index contributed by atoms with van der Waals surface area (Å²) in [5, 5.41) is 9.90. The summed E-state index contributed by atoms with van der Waals surface area (Å²) >= 11 is 0. The lowest BCUT2D eigenvalue weighted by atomic mass is 10.4. The van der Waals surface area contributed by atoms with Crippen molar-refractivity contribution in [1.29, 1.82) is 0 Å². The van der Waals surface area contributed by atoms with Gasteiger partial charge in [0.25, 0.3) is 0 Å². The summed E-state index contributed by atoms with van der Waals surface area (Å²) in [5.41, 5.74) is 0. The minimum atomic E-state index is -2.66. The van der Waals surface area contributed by atoms with Crippen LogP contribution < -0.4 is 5.32 Å². The van der Waals surface area contributed by atoms with Gasteiger partial charge in [-0.05, 0) is 0 Å². The van der Waals surface area contributed by atoms with Gasteiger partial charge in [-0.1, -0.05) is 6.92 Å². The molecule has 4 nitrogen and oxygen atoms in total. The molecule has 0 saturated heterocycles. The summed E-state index contributed by atoms with van der Waals surface area (Å²) in [4.78, 5) is 20.6. The second-order valence-corrected chi connectivity index (χ2v) is 1.33. The lowest BCUT2D eigenvalue weighted by Gasteiger charge is -1.95. The molecule has 0 aliphatic heterocycles. The minimum absolute atomic E-state index is 0.0623. The molecule has 0 aromatic heterocycles. The Hall–Kier alpha value is -1.06. The smallest absolute Gasteiger partial charge is 0.322 e. The molecule has 52 valence electrons. The molecule has 0 rings (SSSR count). The second-order valence-electron chi connectivity index (χ2n) is 1.33. The van der Waals surface area contributed by atoms with E-state index in [1.807, 2.05) is 0 Å². The molecule has 0 radical (unpaired) electrons. The molecule has 9 heavy (non-hydrogen) atoms. The van der Waals surface area contributed by atoms with Crippen LogP contribution in [0.15, 0.2) is 0 Å². The maximum absolute atomic E-state index is 10.5. The highest BCUT2D eigenvalue weighted by Gasteiger charge is 1.98. The number of hydrogen-bond acceptors (Lipinski definition) is 2. The van der Waals surface area contributed by atoms with E-state index in [1.165, 1.54) is 6.92 Å². The molecule has 0 heterocycles. The zero-order valence-corrected chi connectivity index (χ0v) is 4.97. The van der Waals surface area contributed by atoms with Crippen molar-refractivity contribution in [3.63, 3.8) is 0 Å². The van der Waals surface area contributed by atoms with Crippen molar-refractivity contribution in [1.82, 2.24) is 5.32 Å². The van der Waals surface area contributed by atoms with Crippen LogP contribution in [0, 0.1) is 0 Å². The Bertz CT molecular complexity index is 181. The molecule has 0 atom stereocenters. The predicted molar refractivity (Wildman–Crippen MR) is 30.9 cm³/mol. The Morgan fingerprint density at radius 2 is 2.33 bits per heavy atom. The first-order valence-electron chi connectivity index (χ1n) is 3.44. The highest BCUT2D eigenvalue weighted by Crippen LogP contribution is 1.72. The summed E-state index contributed by atoms with van der Waals surface area (Å²) in [6, 6.07) is 0. The van der Waals surface area contributed by atoms with Gasteiger partial charge in [-0.15, -0.1) is 0 Å². The van der Waals surface area contributed by atoms with Crippen molar-refractivity contribution in [3.8, 4) is 0 Å². The molecule has 0 aromatic carbocycles. The number of amides is 1. The summed E-state index contributed by atoms with van der Waals surface area (Å²) in [6.07, 6.45) is 0.0623. The van der Waals surface area contributed by atoms with Crippen LogP contribution in [0.3, 0.4) is 0 Å². The van der Waals surface area contributed by atoms with E-state index in [9.17, 15) is 9.59 Å². The van der Waals surface area contributed by atoms with Crippen LogP contribution in [0.2, 0.25) is 0 Å². The van der Waals surface area contributed by atoms with Crippen molar-refractivity contribution in [2.24, 2.45) is 0 Å². The van der Waals surface area contributed by atoms with Gasteiger partial charge in [0, 0.05) is 6.42 Å². The molecule has 0 unspecified atom stereocenters. The number of carbonyl (C=O) groups is 2. The Balaban J connectivity index is 4.12. The maximum Gasteiger partial charge on any atom is 0.322 e. The van der Waals surface area contributed by atoms with Crippen molar-refractivity contribution in [2.75, 3.05) is 6.50 Å². The second kappa shape index (κ2) is 3.88. The van der Waals surface area contributed by atoms with E-state index in [2.05, 4.69) is 0 Å². The van der Waals surface area contributed by atoms with Crippen LogP contribution in [0.5, 0.6) is 0 Å². The first kappa shape index (κ1) is 4.78. The highest BCUT2D eigenvalue weighted by molar-refractivity contribution is 5.80. The molecule has 0 bridgehead atoms. The third-order valence-corrected chi connectivity index (χ3v) is 0.630. The van der Waals surface area contributed by atoms with E-state index in [0.717, 1.165) is 0 Å². The van der Waals surface area contributed by atoms with Gasteiger partial charge >= 0.3 is 5.97 Å². The molecular weight excluding hydrogens is 122 g/mol. The number of rotatable bonds is 3. The summed E-state index contributed by atoms with van der Waals surface area (Å²) in [6.45, 7) is -1.15. The van der Waals surface area contributed by atoms with Crippen molar-refractivity contribution in [2.45, 2.75) is 13.3 Å². The van der Waals surface area contributed by atoms with Gasteiger partial charge in [0.05, 0.1) is 2.74 Å². The highest BCUT2D eigenvalue weighted by atomic mass is 16.4. The summed E-state index contributed by atoms with van der Waals surface area (Å²) in [5.74, 6) is -2.32. The first-order valence-corrected chi connectivity index (χ1v) is 2.44. The van der Waals surface area contributed by atoms with Gasteiger partial charge in [0.15, 0.2) is 0 Å². The van der Waals surface area contributed by atoms with Gasteiger partial charge in [-0.25, -0.2) is 0 Å². The van der Waals surface area contributed by atoms with E-state index in [0.29, 0.717) is 0 Å². The Morgan fingerprint density at radius 1 is 1.78 bits per heavy atom. The van der Waals surface area contributed by atoms with Gasteiger partial charge in [0.1, 0.15) is 6.50 Å². The molecule has 2 N–H and O–H groups in total. The van der Waals surface area contributed by atoms with E-state index in [4.69, 9.17) is 7.85 Å². The van der Waals surface area contributed by atoms with Crippen molar-refractivity contribution in [3.05, 3.63) is 0 Å². The fraction of sp³-hybridized carbons (Fsp3) is 0.600. The maximum atomic E-state index is 10.5. The average Bonchev–Trinajstić information content (AvgIpc) is 1.86. The van der Waals surface area contributed by atoms with Crippen LogP contribution in [0.4, 0.5) is 0 Å². The molecule has 0 saturated carbocycles. The summed E-state index contributed by atoms with van der Waals surface area (Å²) in [7, 11) is 0. The van der Waals surface area contributed by atoms with Crippen LogP contribution in [0.25, 0.3) is 0 Å². The number of nitrogens with one attached hydrogen (secondary N) is 1. The van der Waals surface area contributed by atoms with Crippen LogP contribution in [-0.4, -0.2) is 23.5 Å². The van der Waals surface area contributed by atoms with Gasteiger partial charge in [0.2, 0.25) is 5.91 Å². The summed E-state index contributed by atoms with van der Waals surface area (Å²) < 4.78 is 13.5. The Kier molecular flexibility index (Phi) is 2.06. The zero-order chi connectivity index (χ0) is 9.07. The predicted octanol–water partition coefficient (Wildman–Crippen LogP) is -0.403. The number of hydrogen-bond donors (Lipinski definition) is 2. The Morgan fingerprint density at radius 3 is 2.67 bits per heavy atom. The van der Waals surface area contributed by atoms with E-state index in [-0.39, 0.29) is 6.42 Å². The van der Waals surface area contributed by atoms with E-state index in [1.54, 1.807) is 5.32 Å².